The number of ether oxygens (including phenoxy) is 2. The highest BCUT2D eigenvalue weighted by Gasteiger charge is 2.17. The molecular weight excluding hydrogens is 480 g/mol. The highest BCUT2D eigenvalue weighted by atomic mass is 32.2. The average molecular weight is 503 g/mol. The molecule has 182 valence electrons. The van der Waals surface area contributed by atoms with Gasteiger partial charge in [0.05, 0.1) is 17.6 Å². The second-order valence-corrected chi connectivity index (χ2v) is 9.28. The molecule has 36 heavy (non-hydrogen) atoms. The van der Waals surface area contributed by atoms with Crippen molar-refractivity contribution in [1.82, 2.24) is 0 Å². The zero-order valence-electron chi connectivity index (χ0n) is 19.2. The predicted molar refractivity (Wildman–Crippen MR) is 136 cm³/mol. The second-order valence-electron chi connectivity index (χ2n) is 7.60. The Hall–Kier alpha value is -4.63. The summed E-state index contributed by atoms with van der Waals surface area (Å²) in [5.41, 5.74) is 1.11. The number of rotatable bonds is 8. The van der Waals surface area contributed by atoms with Crippen molar-refractivity contribution in [3.05, 3.63) is 114 Å². The Balaban J connectivity index is 1.46. The summed E-state index contributed by atoms with van der Waals surface area (Å²) in [6, 6.07) is 27.6. The van der Waals surface area contributed by atoms with Crippen LogP contribution in [0.2, 0.25) is 0 Å². The van der Waals surface area contributed by atoms with Crippen LogP contribution in [0.15, 0.2) is 108 Å². The van der Waals surface area contributed by atoms with Gasteiger partial charge < -0.3 is 14.8 Å². The highest BCUT2D eigenvalue weighted by molar-refractivity contribution is 7.92. The molecule has 0 unspecified atom stereocenters. The van der Waals surface area contributed by atoms with Crippen LogP contribution in [0, 0.1) is 0 Å². The normalized spacial score (nSPS) is 10.8. The van der Waals surface area contributed by atoms with Gasteiger partial charge in [-0.15, -0.1) is 0 Å². The summed E-state index contributed by atoms with van der Waals surface area (Å²) in [5.74, 6) is 0.151. The maximum atomic E-state index is 12.9. The SMILES string of the molecule is COC(=O)c1cccc(NC(=O)c2cccc(S(=O)(=O)Nc3ccc(Oc4ccccc4)cc3)c2)c1. The lowest BCUT2D eigenvalue weighted by molar-refractivity contribution is 0.0600. The fraction of sp³-hybridized carbons (Fsp3) is 0.0370. The van der Waals surface area contributed by atoms with E-state index in [2.05, 4.69) is 14.8 Å². The largest absolute Gasteiger partial charge is 0.465 e. The van der Waals surface area contributed by atoms with Crippen LogP contribution in [0.4, 0.5) is 11.4 Å². The Bertz CT molecular complexity index is 1490. The van der Waals surface area contributed by atoms with Gasteiger partial charge in [0.25, 0.3) is 15.9 Å². The van der Waals surface area contributed by atoms with Crippen molar-refractivity contribution < 1.29 is 27.5 Å². The predicted octanol–water partition coefficient (Wildman–Crippen LogP) is 5.32. The van der Waals surface area contributed by atoms with Crippen LogP contribution < -0.4 is 14.8 Å². The van der Waals surface area contributed by atoms with Crippen molar-refractivity contribution in [3.63, 3.8) is 0 Å². The van der Waals surface area contributed by atoms with Crippen LogP contribution in [0.3, 0.4) is 0 Å². The Morgan fingerprint density at radius 3 is 2.08 bits per heavy atom. The summed E-state index contributed by atoms with van der Waals surface area (Å²) < 4.78 is 38.8. The molecule has 4 rings (SSSR count). The molecule has 0 saturated heterocycles. The summed E-state index contributed by atoms with van der Waals surface area (Å²) in [5, 5.41) is 2.66. The molecule has 0 radical (unpaired) electrons. The molecule has 2 N–H and O–H groups in total. The second kappa shape index (κ2) is 10.7. The van der Waals surface area contributed by atoms with E-state index in [4.69, 9.17) is 4.74 Å². The molecule has 9 heteroatoms. The molecule has 0 spiro atoms. The summed E-state index contributed by atoms with van der Waals surface area (Å²) in [6.07, 6.45) is 0. The highest BCUT2D eigenvalue weighted by Crippen LogP contribution is 2.24. The summed E-state index contributed by atoms with van der Waals surface area (Å²) in [7, 11) is -2.70. The van der Waals surface area contributed by atoms with Gasteiger partial charge in [-0.1, -0.05) is 30.3 Å². The number of amides is 1. The molecule has 8 nitrogen and oxygen atoms in total. The van der Waals surface area contributed by atoms with Crippen molar-refractivity contribution >= 4 is 33.3 Å². The number of carbonyl (C=O) groups is 2. The van der Waals surface area contributed by atoms with Gasteiger partial charge in [-0.05, 0) is 72.8 Å². The Labute approximate surface area is 208 Å². The molecule has 0 aliphatic rings. The molecule has 0 fully saturated rings. The van der Waals surface area contributed by atoms with Crippen molar-refractivity contribution in [1.29, 1.82) is 0 Å². The molecule has 0 heterocycles. The number of sulfonamides is 1. The maximum absolute atomic E-state index is 12.9. The van der Waals surface area contributed by atoms with Gasteiger partial charge >= 0.3 is 5.97 Å². The van der Waals surface area contributed by atoms with Gasteiger partial charge in [-0.3, -0.25) is 9.52 Å². The van der Waals surface area contributed by atoms with Gasteiger partial charge in [0, 0.05) is 16.9 Å². The molecule has 0 aliphatic carbocycles. The van der Waals surface area contributed by atoms with Crippen LogP contribution in [-0.4, -0.2) is 27.4 Å². The smallest absolute Gasteiger partial charge is 0.337 e. The van der Waals surface area contributed by atoms with Crippen molar-refractivity contribution in [3.8, 4) is 11.5 Å². The monoisotopic (exact) mass is 502 g/mol. The zero-order chi connectivity index (χ0) is 25.5. The topological polar surface area (TPSA) is 111 Å². The Morgan fingerprint density at radius 1 is 0.694 bits per heavy atom. The summed E-state index contributed by atoms with van der Waals surface area (Å²) in [4.78, 5) is 24.4. The Kier molecular flexibility index (Phi) is 7.31. The third kappa shape index (κ3) is 6.08. The number of methoxy groups -OCH3 is 1. The molecular formula is C27H22N2O6S. The number of hydrogen-bond acceptors (Lipinski definition) is 6. The first-order valence-corrected chi connectivity index (χ1v) is 12.3. The van der Waals surface area contributed by atoms with E-state index in [0.29, 0.717) is 22.9 Å². The van der Waals surface area contributed by atoms with E-state index in [0.717, 1.165) is 0 Å². The number of anilines is 2. The van der Waals surface area contributed by atoms with Crippen LogP contribution in [-0.2, 0) is 14.8 Å². The van der Waals surface area contributed by atoms with E-state index in [1.807, 2.05) is 30.3 Å². The third-order valence-corrected chi connectivity index (χ3v) is 6.41. The number of carbonyl (C=O) groups excluding carboxylic acids is 2. The third-order valence-electron chi connectivity index (χ3n) is 5.03. The standard InChI is InChI=1S/C27H22N2O6S/c1-34-27(31)20-8-5-9-22(17-20)28-26(30)19-7-6-12-25(18-19)36(32,33)29-21-13-15-24(16-14-21)35-23-10-3-2-4-11-23/h2-18,29H,1H3,(H,28,30). The maximum Gasteiger partial charge on any atom is 0.337 e. The van der Waals surface area contributed by atoms with Crippen LogP contribution in [0.5, 0.6) is 11.5 Å². The average Bonchev–Trinajstić information content (AvgIpc) is 2.90. The first kappa shape index (κ1) is 24.5. The minimum atomic E-state index is -3.97. The quantitative estimate of drug-likeness (QED) is 0.316. The van der Waals surface area contributed by atoms with E-state index >= 15 is 0 Å². The molecule has 0 atom stereocenters. The summed E-state index contributed by atoms with van der Waals surface area (Å²) in [6.45, 7) is 0. The van der Waals surface area contributed by atoms with Crippen LogP contribution in [0.25, 0.3) is 0 Å². The van der Waals surface area contributed by atoms with Crippen molar-refractivity contribution in [2.24, 2.45) is 0 Å². The lowest BCUT2D eigenvalue weighted by atomic mass is 10.1. The van der Waals surface area contributed by atoms with Gasteiger partial charge in [0.1, 0.15) is 11.5 Å². The van der Waals surface area contributed by atoms with E-state index in [1.54, 1.807) is 42.5 Å². The van der Waals surface area contributed by atoms with E-state index in [1.165, 1.54) is 37.4 Å². The van der Waals surface area contributed by atoms with E-state index in [-0.39, 0.29) is 16.0 Å². The van der Waals surface area contributed by atoms with Gasteiger partial charge in [0.15, 0.2) is 0 Å². The molecule has 0 saturated carbocycles. The van der Waals surface area contributed by atoms with Gasteiger partial charge in [0.2, 0.25) is 0 Å². The number of benzene rings is 4. The molecule has 1 amide bonds. The fourth-order valence-electron chi connectivity index (χ4n) is 3.28. The molecule has 0 aromatic heterocycles. The number of nitrogens with one attached hydrogen (secondary N) is 2. The minimum absolute atomic E-state index is 0.0805. The Morgan fingerprint density at radius 2 is 1.36 bits per heavy atom. The first-order chi connectivity index (χ1) is 17.3. The van der Waals surface area contributed by atoms with Gasteiger partial charge in [-0.25, -0.2) is 13.2 Å². The molecule has 0 bridgehead atoms. The number of hydrogen-bond donors (Lipinski definition) is 2. The van der Waals surface area contributed by atoms with E-state index in [9.17, 15) is 18.0 Å². The van der Waals surface area contributed by atoms with Crippen molar-refractivity contribution in [2.75, 3.05) is 17.1 Å². The van der Waals surface area contributed by atoms with Crippen LogP contribution >= 0.6 is 0 Å². The summed E-state index contributed by atoms with van der Waals surface area (Å²) >= 11 is 0. The van der Waals surface area contributed by atoms with Crippen molar-refractivity contribution in [2.45, 2.75) is 4.90 Å². The zero-order valence-corrected chi connectivity index (χ0v) is 20.0. The minimum Gasteiger partial charge on any atom is -0.465 e. The lowest BCUT2D eigenvalue weighted by Gasteiger charge is -2.11. The molecule has 4 aromatic carbocycles. The first-order valence-electron chi connectivity index (χ1n) is 10.8. The van der Waals surface area contributed by atoms with Gasteiger partial charge in [-0.2, -0.15) is 0 Å². The lowest BCUT2D eigenvalue weighted by Crippen LogP contribution is -2.16. The molecule has 4 aromatic rings. The molecule has 0 aliphatic heterocycles. The van der Waals surface area contributed by atoms with Crippen LogP contribution in [0.1, 0.15) is 20.7 Å². The van der Waals surface area contributed by atoms with E-state index < -0.39 is 21.9 Å². The fourth-order valence-corrected chi connectivity index (χ4v) is 4.38. The number of para-hydroxylation sites is 1. The number of esters is 1.